The van der Waals surface area contributed by atoms with Gasteiger partial charge in [0.25, 0.3) is 0 Å². The monoisotopic (exact) mass is 276 g/mol. The molecule has 0 spiro atoms. The number of rotatable bonds is 5. The molecule has 2 rings (SSSR count). The third-order valence-electron chi connectivity index (χ3n) is 3.07. The first-order valence-electron chi connectivity index (χ1n) is 6.16. The summed E-state index contributed by atoms with van der Waals surface area (Å²) in [5.41, 5.74) is 2.27. The van der Waals surface area contributed by atoms with Crippen molar-refractivity contribution < 1.29 is 4.74 Å². The molecule has 0 aliphatic rings. The number of hydrogen-bond donors (Lipinski definition) is 1. The molecule has 1 N–H and O–H groups in total. The van der Waals surface area contributed by atoms with E-state index in [1.807, 2.05) is 18.2 Å². The zero-order valence-electron chi connectivity index (χ0n) is 11.1. The van der Waals surface area contributed by atoms with E-state index in [1.165, 1.54) is 5.56 Å². The molecule has 1 aromatic heterocycles. The number of nitrogens with zero attached hydrogens (tertiary/aromatic N) is 1. The van der Waals surface area contributed by atoms with Crippen LogP contribution in [-0.2, 0) is 6.54 Å². The molecule has 19 heavy (non-hydrogen) atoms. The number of halogens is 1. The van der Waals surface area contributed by atoms with Gasteiger partial charge in [-0.2, -0.15) is 0 Å². The maximum atomic E-state index is 6.07. The number of ether oxygens (including phenoxy) is 1. The summed E-state index contributed by atoms with van der Waals surface area (Å²) in [5.74, 6) is 0.869. The summed E-state index contributed by atoms with van der Waals surface area (Å²) in [7, 11) is 1.67. The van der Waals surface area contributed by atoms with Gasteiger partial charge in [0.15, 0.2) is 0 Å². The molecule has 0 fully saturated rings. The largest absolute Gasteiger partial charge is 0.497 e. The Kier molecular flexibility index (Phi) is 4.77. The van der Waals surface area contributed by atoms with Gasteiger partial charge in [0, 0.05) is 25.0 Å². The van der Waals surface area contributed by atoms with E-state index >= 15 is 0 Å². The van der Waals surface area contributed by atoms with Crippen molar-refractivity contribution in [2.45, 2.75) is 19.5 Å². The van der Waals surface area contributed by atoms with E-state index in [-0.39, 0.29) is 6.04 Å². The van der Waals surface area contributed by atoms with Crippen LogP contribution in [0.1, 0.15) is 24.1 Å². The molecule has 3 nitrogen and oxygen atoms in total. The highest BCUT2D eigenvalue weighted by Gasteiger charge is 2.06. The van der Waals surface area contributed by atoms with Gasteiger partial charge in [-0.25, -0.2) is 0 Å². The average Bonchev–Trinajstić information content (AvgIpc) is 2.46. The van der Waals surface area contributed by atoms with Gasteiger partial charge in [-0.15, -0.1) is 0 Å². The minimum absolute atomic E-state index is 0.245. The number of nitrogens with one attached hydrogen (secondary N) is 1. The van der Waals surface area contributed by atoms with Crippen LogP contribution in [0.25, 0.3) is 0 Å². The average molecular weight is 277 g/mol. The number of aromatic nitrogens is 1. The number of benzene rings is 1. The Bertz CT molecular complexity index is 528. The maximum Gasteiger partial charge on any atom is 0.118 e. The van der Waals surface area contributed by atoms with E-state index in [0.717, 1.165) is 11.3 Å². The van der Waals surface area contributed by atoms with Gasteiger partial charge in [-0.1, -0.05) is 23.7 Å². The topological polar surface area (TPSA) is 34.1 Å². The minimum atomic E-state index is 0.245. The van der Waals surface area contributed by atoms with Gasteiger partial charge in [-0.05, 0) is 36.2 Å². The fraction of sp³-hybridized carbons (Fsp3) is 0.267. The molecule has 0 aliphatic heterocycles. The Balaban J connectivity index is 1.97. The van der Waals surface area contributed by atoms with E-state index in [2.05, 4.69) is 29.4 Å². The van der Waals surface area contributed by atoms with E-state index in [9.17, 15) is 0 Å². The first kappa shape index (κ1) is 13.8. The van der Waals surface area contributed by atoms with Crippen molar-refractivity contribution in [3.63, 3.8) is 0 Å². The van der Waals surface area contributed by atoms with Gasteiger partial charge in [-0.3, -0.25) is 4.98 Å². The third-order valence-corrected chi connectivity index (χ3v) is 3.41. The van der Waals surface area contributed by atoms with Crippen LogP contribution < -0.4 is 10.1 Å². The molecule has 0 bridgehead atoms. The van der Waals surface area contributed by atoms with Crippen molar-refractivity contribution in [2.24, 2.45) is 0 Å². The van der Waals surface area contributed by atoms with Crippen molar-refractivity contribution in [1.82, 2.24) is 10.3 Å². The SMILES string of the molecule is COc1ccc(C(C)NCc2ccncc2Cl)cc1. The normalized spacial score (nSPS) is 12.2. The van der Waals surface area contributed by atoms with Crippen molar-refractivity contribution in [3.8, 4) is 5.75 Å². The number of hydrogen-bond acceptors (Lipinski definition) is 3. The summed E-state index contributed by atoms with van der Waals surface area (Å²) in [6.45, 7) is 2.84. The molecular weight excluding hydrogens is 260 g/mol. The molecule has 2 aromatic rings. The summed E-state index contributed by atoms with van der Waals surface area (Å²) in [6.07, 6.45) is 3.41. The maximum absolute atomic E-state index is 6.07. The summed E-state index contributed by atoms with van der Waals surface area (Å²) >= 11 is 6.07. The summed E-state index contributed by atoms with van der Waals surface area (Å²) in [5, 5.41) is 4.13. The highest BCUT2D eigenvalue weighted by molar-refractivity contribution is 6.31. The van der Waals surface area contributed by atoms with Gasteiger partial charge < -0.3 is 10.1 Å². The van der Waals surface area contributed by atoms with Crippen molar-refractivity contribution in [3.05, 3.63) is 58.9 Å². The lowest BCUT2D eigenvalue weighted by Crippen LogP contribution is -2.18. The smallest absolute Gasteiger partial charge is 0.118 e. The summed E-state index contributed by atoms with van der Waals surface area (Å²) in [4.78, 5) is 3.98. The van der Waals surface area contributed by atoms with E-state index < -0.39 is 0 Å². The highest BCUT2D eigenvalue weighted by atomic mass is 35.5. The third kappa shape index (κ3) is 3.69. The second kappa shape index (κ2) is 6.55. The van der Waals surface area contributed by atoms with Crippen LogP contribution in [0.2, 0.25) is 5.02 Å². The Morgan fingerprint density at radius 2 is 2.00 bits per heavy atom. The summed E-state index contributed by atoms with van der Waals surface area (Å²) in [6, 6.07) is 10.2. The second-order valence-corrected chi connectivity index (χ2v) is 4.75. The molecule has 0 saturated carbocycles. The van der Waals surface area contributed by atoms with Gasteiger partial charge in [0.2, 0.25) is 0 Å². The standard InChI is InChI=1S/C15H17ClN2O/c1-11(12-3-5-14(19-2)6-4-12)18-9-13-7-8-17-10-15(13)16/h3-8,10-11,18H,9H2,1-2H3. The zero-order chi connectivity index (χ0) is 13.7. The predicted octanol–water partition coefficient (Wildman–Crippen LogP) is 3.59. The van der Waals surface area contributed by atoms with Crippen molar-refractivity contribution in [2.75, 3.05) is 7.11 Å². The number of methoxy groups -OCH3 is 1. The molecule has 1 unspecified atom stereocenters. The van der Waals surface area contributed by atoms with Crippen LogP contribution in [0.4, 0.5) is 0 Å². The fourth-order valence-electron chi connectivity index (χ4n) is 1.82. The summed E-state index contributed by atoms with van der Waals surface area (Å²) < 4.78 is 5.15. The molecule has 1 atom stereocenters. The Labute approximate surface area is 118 Å². The van der Waals surface area contributed by atoms with Crippen LogP contribution >= 0.6 is 11.6 Å². The molecule has 0 radical (unpaired) electrons. The minimum Gasteiger partial charge on any atom is -0.497 e. The van der Waals surface area contributed by atoms with Crippen LogP contribution in [0.3, 0.4) is 0 Å². The van der Waals surface area contributed by atoms with Crippen LogP contribution in [0.15, 0.2) is 42.7 Å². The molecule has 1 heterocycles. The van der Waals surface area contributed by atoms with Gasteiger partial charge >= 0.3 is 0 Å². The first-order chi connectivity index (χ1) is 9.20. The first-order valence-corrected chi connectivity index (χ1v) is 6.54. The quantitative estimate of drug-likeness (QED) is 0.906. The molecular formula is C15H17ClN2O. The molecule has 0 aliphatic carbocycles. The van der Waals surface area contributed by atoms with Gasteiger partial charge in [0.05, 0.1) is 12.1 Å². The van der Waals surface area contributed by atoms with Crippen molar-refractivity contribution >= 4 is 11.6 Å². The fourth-order valence-corrected chi connectivity index (χ4v) is 2.01. The van der Waals surface area contributed by atoms with Crippen molar-refractivity contribution in [1.29, 1.82) is 0 Å². The van der Waals surface area contributed by atoms with Crippen LogP contribution in [0.5, 0.6) is 5.75 Å². The second-order valence-electron chi connectivity index (χ2n) is 4.34. The lowest BCUT2D eigenvalue weighted by molar-refractivity contribution is 0.414. The molecule has 0 saturated heterocycles. The van der Waals surface area contributed by atoms with Crippen LogP contribution in [-0.4, -0.2) is 12.1 Å². The predicted molar refractivity (Wildman–Crippen MR) is 77.5 cm³/mol. The lowest BCUT2D eigenvalue weighted by atomic mass is 10.1. The van der Waals surface area contributed by atoms with Crippen LogP contribution in [0, 0.1) is 0 Å². The number of pyridine rings is 1. The lowest BCUT2D eigenvalue weighted by Gasteiger charge is -2.15. The zero-order valence-corrected chi connectivity index (χ0v) is 11.8. The molecule has 4 heteroatoms. The Hall–Kier alpha value is -1.58. The van der Waals surface area contributed by atoms with E-state index in [0.29, 0.717) is 11.6 Å². The highest BCUT2D eigenvalue weighted by Crippen LogP contribution is 2.19. The molecule has 100 valence electrons. The van der Waals surface area contributed by atoms with Gasteiger partial charge in [0.1, 0.15) is 5.75 Å². The molecule has 1 aromatic carbocycles. The Morgan fingerprint density at radius 1 is 1.26 bits per heavy atom. The van der Waals surface area contributed by atoms with E-state index in [4.69, 9.17) is 16.3 Å². The van der Waals surface area contributed by atoms with E-state index in [1.54, 1.807) is 19.5 Å². The molecule has 0 amide bonds. The Morgan fingerprint density at radius 3 is 2.63 bits per heavy atom.